The largest absolute Gasteiger partial charge is 0.368 e. The molecule has 0 amide bonds. The summed E-state index contributed by atoms with van der Waals surface area (Å²) in [6, 6.07) is 0.329. The van der Waals surface area contributed by atoms with Gasteiger partial charge in [-0.1, -0.05) is 6.92 Å². The molecule has 19 heavy (non-hydrogen) atoms. The summed E-state index contributed by atoms with van der Waals surface area (Å²) in [5, 5.41) is 4.00. The number of hydrogen-bond donors (Lipinski definition) is 1. The van der Waals surface area contributed by atoms with E-state index in [4.69, 9.17) is 5.73 Å². The van der Waals surface area contributed by atoms with Crippen LogP contribution in [0.25, 0.3) is 5.95 Å². The molecular weight excluding hydrogens is 244 g/mol. The molecule has 8 nitrogen and oxygen atoms in total. The molecule has 2 heterocycles. The highest BCUT2D eigenvalue weighted by Crippen LogP contribution is 2.15. The van der Waals surface area contributed by atoms with Crippen LogP contribution in [0, 0.1) is 0 Å². The van der Waals surface area contributed by atoms with Crippen molar-refractivity contribution in [2.45, 2.75) is 33.2 Å². The summed E-state index contributed by atoms with van der Waals surface area (Å²) < 4.78 is 1.46. The minimum Gasteiger partial charge on any atom is -0.368 e. The van der Waals surface area contributed by atoms with E-state index in [0.29, 0.717) is 17.9 Å². The number of aromatic nitrogens is 6. The molecule has 2 aromatic heterocycles. The molecule has 0 fully saturated rings. The first-order chi connectivity index (χ1) is 9.15. The predicted octanol–water partition coefficient (Wildman–Crippen LogP) is 0.659. The van der Waals surface area contributed by atoms with Gasteiger partial charge in [0.25, 0.3) is 5.95 Å². The van der Waals surface area contributed by atoms with E-state index in [1.807, 2.05) is 0 Å². The van der Waals surface area contributed by atoms with Crippen LogP contribution in [0.3, 0.4) is 0 Å². The van der Waals surface area contributed by atoms with Crippen LogP contribution < -0.4 is 10.6 Å². The third kappa shape index (κ3) is 2.78. The van der Waals surface area contributed by atoms with E-state index in [0.717, 1.165) is 13.0 Å². The monoisotopic (exact) mass is 262 g/mol. The summed E-state index contributed by atoms with van der Waals surface area (Å²) >= 11 is 0. The summed E-state index contributed by atoms with van der Waals surface area (Å²) in [6.07, 6.45) is 3.95. The highest BCUT2D eigenvalue weighted by molar-refractivity contribution is 5.38. The fourth-order valence-corrected chi connectivity index (χ4v) is 1.78. The number of nitrogens with two attached hydrogens (primary N) is 1. The Bertz CT molecular complexity index is 523. The molecule has 2 N–H and O–H groups in total. The van der Waals surface area contributed by atoms with Crippen LogP contribution in [0.1, 0.15) is 27.2 Å². The summed E-state index contributed by atoms with van der Waals surface area (Å²) in [6.45, 7) is 7.10. The van der Waals surface area contributed by atoms with E-state index in [1.54, 1.807) is 0 Å². The van der Waals surface area contributed by atoms with E-state index in [2.05, 4.69) is 50.7 Å². The molecule has 0 saturated carbocycles. The fourth-order valence-electron chi connectivity index (χ4n) is 1.78. The SMILES string of the molecule is CCC(C)N(CC)c1nc(N)nc(-n2cncn2)n1. The molecule has 0 spiro atoms. The average Bonchev–Trinajstić information content (AvgIpc) is 2.92. The predicted molar refractivity (Wildman–Crippen MR) is 71.9 cm³/mol. The highest BCUT2D eigenvalue weighted by Gasteiger charge is 2.16. The maximum absolute atomic E-state index is 5.75. The van der Waals surface area contributed by atoms with Crippen LogP contribution in [0.2, 0.25) is 0 Å². The van der Waals surface area contributed by atoms with Gasteiger partial charge in [0.15, 0.2) is 0 Å². The van der Waals surface area contributed by atoms with E-state index in [1.165, 1.54) is 17.3 Å². The maximum atomic E-state index is 5.75. The first-order valence-electron chi connectivity index (χ1n) is 6.28. The zero-order valence-electron chi connectivity index (χ0n) is 11.4. The molecule has 0 aliphatic rings. The van der Waals surface area contributed by atoms with Gasteiger partial charge in [-0.15, -0.1) is 0 Å². The lowest BCUT2D eigenvalue weighted by Crippen LogP contribution is -2.34. The molecule has 8 heteroatoms. The molecule has 102 valence electrons. The van der Waals surface area contributed by atoms with Crippen molar-refractivity contribution in [3.63, 3.8) is 0 Å². The van der Waals surface area contributed by atoms with Crippen molar-refractivity contribution < 1.29 is 0 Å². The normalized spacial score (nSPS) is 12.4. The lowest BCUT2D eigenvalue weighted by Gasteiger charge is -2.27. The Labute approximate surface area is 111 Å². The topological polar surface area (TPSA) is 98.6 Å². The van der Waals surface area contributed by atoms with Crippen LogP contribution >= 0.6 is 0 Å². The third-order valence-corrected chi connectivity index (χ3v) is 2.97. The molecule has 0 aromatic carbocycles. The van der Waals surface area contributed by atoms with Gasteiger partial charge in [-0.3, -0.25) is 0 Å². The Morgan fingerprint density at radius 1 is 1.32 bits per heavy atom. The zero-order valence-corrected chi connectivity index (χ0v) is 11.4. The molecule has 0 aliphatic heterocycles. The molecule has 0 aliphatic carbocycles. The molecule has 1 atom stereocenters. The first kappa shape index (κ1) is 13.2. The van der Waals surface area contributed by atoms with Crippen molar-refractivity contribution >= 4 is 11.9 Å². The van der Waals surface area contributed by atoms with Crippen LogP contribution in [0.4, 0.5) is 11.9 Å². The summed E-state index contributed by atoms with van der Waals surface area (Å²) in [5.74, 6) is 1.12. The zero-order chi connectivity index (χ0) is 13.8. The molecule has 2 aromatic rings. The van der Waals surface area contributed by atoms with Crippen molar-refractivity contribution in [3.8, 4) is 5.95 Å². The van der Waals surface area contributed by atoms with Crippen molar-refractivity contribution in [2.24, 2.45) is 0 Å². The third-order valence-electron chi connectivity index (χ3n) is 2.97. The maximum Gasteiger partial charge on any atom is 0.258 e. The van der Waals surface area contributed by atoms with Crippen LogP contribution in [0.15, 0.2) is 12.7 Å². The Morgan fingerprint density at radius 3 is 2.68 bits per heavy atom. The second kappa shape index (κ2) is 5.59. The quantitative estimate of drug-likeness (QED) is 0.844. The summed E-state index contributed by atoms with van der Waals surface area (Å²) in [5.41, 5.74) is 5.75. The molecule has 0 saturated heterocycles. The summed E-state index contributed by atoms with van der Waals surface area (Å²) in [7, 11) is 0. The van der Waals surface area contributed by atoms with Gasteiger partial charge in [-0.05, 0) is 20.3 Å². The Kier molecular flexibility index (Phi) is 3.88. The molecule has 2 rings (SSSR count). The molecule has 0 radical (unpaired) electrons. The summed E-state index contributed by atoms with van der Waals surface area (Å²) in [4.78, 5) is 18.6. The van der Waals surface area contributed by atoms with E-state index < -0.39 is 0 Å². The Hall–Kier alpha value is -2.25. The van der Waals surface area contributed by atoms with Gasteiger partial charge in [0.05, 0.1) is 0 Å². The minimum atomic E-state index is 0.178. The lowest BCUT2D eigenvalue weighted by molar-refractivity contribution is 0.611. The van der Waals surface area contributed by atoms with E-state index in [-0.39, 0.29) is 5.95 Å². The number of anilines is 2. The van der Waals surface area contributed by atoms with Gasteiger partial charge in [0, 0.05) is 12.6 Å². The van der Waals surface area contributed by atoms with Gasteiger partial charge in [-0.2, -0.15) is 24.7 Å². The van der Waals surface area contributed by atoms with Gasteiger partial charge in [0.2, 0.25) is 11.9 Å². The van der Waals surface area contributed by atoms with Gasteiger partial charge in [-0.25, -0.2) is 4.98 Å². The van der Waals surface area contributed by atoms with E-state index >= 15 is 0 Å². The number of nitrogen functional groups attached to an aromatic ring is 1. The molecule has 0 bridgehead atoms. The van der Waals surface area contributed by atoms with Crippen molar-refractivity contribution in [3.05, 3.63) is 12.7 Å². The first-order valence-corrected chi connectivity index (χ1v) is 6.28. The number of rotatable bonds is 5. The molecular formula is C11H18N8. The minimum absolute atomic E-state index is 0.178. The molecule has 1 unspecified atom stereocenters. The Balaban J connectivity index is 2.41. The highest BCUT2D eigenvalue weighted by atomic mass is 15.4. The van der Waals surface area contributed by atoms with Gasteiger partial charge >= 0.3 is 0 Å². The fraction of sp³-hybridized carbons (Fsp3) is 0.545. The second-order valence-corrected chi connectivity index (χ2v) is 4.18. The Morgan fingerprint density at radius 2 is 2.11 bits per heavy atom. The van der Waals surface area contributed by atoms with Crippen molar-refractivity contribution in [2.75, 3.05) is 17.2 Å². The smallest absolute Gasteiger partial charge is 0.258 e. The van der Waals surface area contributed by atoms with Crippen LogP contribution in [0.5, 0.6) is 0 Å². The lowest BCUT2D eigenvalue weighted by atomic mass is 10.2. The standard InChI is InChI=1S/C11H18N8/c1-4-8(3)18(5-2)10-15-9(12)16-11(17-10)19-7-13-6-14-19/h6-8H,4-5H2,1-3H3,(H2,12,15,16,17). The average molecular weight is 262 g/mol. The van der Waals surface area contributed by atoms with Gasteiger partial charge < -0.3 is 10.6 Å². The van der Waals surface area contributed by atoms with E-state index in [9.17, 15) is 0 Å². The number of hydrogen-bond acceptors (Lipinski definition) is 7. The van der Waals surface area contributed by atoms with Crippen LogP contribution in [-0.2, 0) is 0 Å². The van der Waals surface area contributed by atoms with Crippen LogP contribution in [-0.4, -0.2) is 42.3 Å². The van der Waals surface area contributed by atoms with Crippen molar-refractivity contribution in [1.82, 2.24) is 29.7 Å². The number of nitrogens with zero attached hydrogens (tertiary/aromatic N) is 7. The second-order valence-electron chi connectivity index (χ2n) is 4.18. The van der Waals surface area contributed by atoms with Crippen molar-refractivity contribution in [1.29, 1.82) is 0 Å². The van der Waals surface area contributed by atoms with Gasteiger partial charge in [0.1, 0.15) is 12.7 Å².